The molecule has 0 saturated heterocycles. The fourth-order valence-electron chi connectivity index (χ4n) is 7.03. The first-order valence-corrected chi connectivity index (χ1v) is 18.3. The largest absolute Gasteiger partial charge is 0.507 e. The van der Waals surface area contributed by atoms with E-state index in [0.29, 0.717) is 31.1 Å². The van der Waals surface area contributed by atoms with Crippen molar-refractivity contribution >= 4 is 34.1 Å². The van der Waals surface area contributed by atoms with Gasteiger partial charge in [0.1, 0.15) is 18.1 Å². The van der Waals surface area contributed by atoms with Gasteiger partial charge in [-0.25, -0.2) is 0 Å². The van der Waals surface area contributed by atoms with Gasteiger partial charge in [0.15, 0.2) is 0 Å². The van der Waals surface area contributed by atoms with E-state index in [9.17, 15) is 5.11 Å². The monoisotopic (exact) mass is 714 g/mol. The summed E-state index contributed by atoms with van der Waals surface area (Å²) in [5.41, 5.74) is 15.7. The molecule has 8 nitrogen and oxygen atoms in total. The maximum atomic E-state index is 10.2. The van der Waals surface area contributed by atoms with Crippen molar-refractivity contribution in [3.8, 4) is 11.5 Å². The number of aromatic hydroxyl groups is 1. The number of nitrogens with one attached hydrogen (secondary N) is 1. The number of anilines is 2. The number of aryl methyl sites for hydroxylation is 6. The average Bonchev–Trinajstić information content (AvgIpc) is 3.15. The Kier molecular flexibility index (Phi) is 10.5. The van der Waals surface area contributed by atoms with Crippen LogP contribution in [-0.2, 0) is 26.2 Å². The Balaban J connectivity index is 1.18. The lowest BCUT2D eigenvalue weighted by atomic mass is 10.0. The maximum Gasteiger partial charge on any atom is 0.125 e. The van der Waals surface area contributed by atoms with E-state index in [1.165, 1.54) is 16.7 Å². The molecule has 1 aliphatic heterocycles. The molecule has 1 aliphatic rings. The van der Waals surface area contributed by atoms with E-state index in [0.717, 1.165) is 79.7 Å². The predicted molar refractivity (Wildman–Crippen MR) is 219 cm³/mol. The second kappa shape index (κ2) is 15.8. The number of hydrogen-bond acceptors (Lipinski definition) is 8. The molecule has 7 rings (SSSR count). The highest BCUT2D eigenvalue weighted by Crippen LogP contribution is 2.39. The zero-order chi connectivity index (χ0) is 37.8. The van der Waals surface area contributed by atoms with Gasteiger partial charge in [-0.2, -0.15) is 20.5 Å². The summed E-state index contributed by atoms with van der Waals surface area (Å²) in [4.78, 5) is 2.43. The van der Waals surface area contributed by atoms with Crippen molar-refractivity contribution in [1.29, 1.82) is 0 Å². The average molecular weight is 715 g/mol. The van der Waals surface area contributed by atoms with Crippen LogP contribution in [0, 0.1) is 41.5 Å². The molecule has 0 atom stereocenters. The molecule has 272 valence electrons. The number of azo groups is 2. The summed E-state index contributed by atoms with van der Waals surface area (Å²) in [6.45, 7) is 14.6. The molecule has 0 fully saturated rings. The number of benzene rings is 6. The van der Waals surface area contributed by atoms with Crippen molar-refractivity contribution < 1.29 is 9.84 Å². The smallest absolute Gasteiger partial charge is 0.125 e. The van der Waals surface area contributed by atoms with Crippen LogP contribution in [0.25, 0.3) is 0 Å². The van der Waals surface area contributed by atoms with Crippen LogP contribution in [0.3, 0.4) is 0 Å². The van der Waals surface area contributed by atoms with Crippen LogP contribution in [0.1, 0.15) is 55.6 Å². The molecule has 6 aromatic rings. The van der Waals surface area contributed by atoms with Crippen LogP contribution in [0.4, 0.5) is 34.1 Å². The third-order valence-electron chi connectivity index (χ3n) is 9.90. The van der Waals surface area contributed by atoms with Crippen LogP contribution < -0.4 is 15.0 Å². The van der Waals surface area contributed by atoms with Crippen LogP contribution in [0.2, 0.25) is 0 Å². The molecule has 0 spiro atoms. The van der Waals surface area contributed by atoms with Crippen molar-refractivity contribution in [3.05, 3.63) is 165 Å². The van der Waals surface area contributed by atoms with Gasteiger partial charge in [-0.05, 0) is 134 Å². The number of fused-ring (bicyclic) bond motifs is 2. The third-order valence-corrected chi connectivity index (χ3v) is 9.90. The highest BCUT2D eigenvalue weighted by Gasteiger charge is 2.21. The topological polar surface area (TPSA) is 94.2 Å². The van der Waals surface area contributed by atoms with Gasteiger partial charge < -0.3 is 20.1 Å². The molecular formula is C46H46N6O2. The number of hydrogen-bond donors (Lipinski definition) is 2. The molecule has 0 unspecified atom stereocenters. The second-order valence-corrected chi connectivity index (χ2v) is 14.3. The summed E-state index contributed by atoms with van der Waals surface area (Å²) < 4.78 is 6.21. The van der Waals surface area contributed by atoms with Gasteiger partial charge in [0, 0.05) is 31.0 Å². The predicted octanol–water partition coefficient (Wildman–Crippen LogP) is 12.8. The Labute approximate surface area is 317 Å². The fraction of sp³-hybridized carbons (Fsp3) is 0.217. The van der Waals surface area contributed by atoms with Crippen LogP contribution >= 0.6 is 0 Å². The van der Waals surface area contributed by atoms with E-state index < -0.39 is 0 Å². The number of phenols is 1. The van der Waals surface area contributed by atoms with E-state index in [2.05, 4.69) is 115 Å². The first kappa shape index (κ1) is 36.1. The zero-order valence-corrected chi connectivity index (χ0v) is 31.8. The normalized spacial score (nSPS) is 12.7. The molecule has 8 heteroatoms. The maximum absolute atomic E-state index is 10.2. The van der Waals surface area contributed by atoms with Gasteiger partial charge in [0.05, 0.1) is 22.7 Å². The Hall–Kier alpha value is -6.28. The van der Waals surface area contributed by atoms with Crippen molar-refractivity contribution in [2.45, 2.75) is 67.8 Å². The Morgan fingerprint density at radius 3 is 1.74 bits per heavy atom. The second-order valence-electron chi connectivity index (χ2n) is 14.3. The number of nitrogens with zero attached hydrogens (tertiary/aromatic N) is 5. The van der Waals surface area contributed by atoms with Gasteiger partial charge in [0.2, 0.25) is 0 Å². The molecule has 0 amide bonds. The van der Waals surface area contributed by atoms with Gasteiger partial charge in [0.25, 0.3) is 0 Å². The van der Waals surface area contributed by atoms with E-state index >= 15 is 0 Å². The lowest BCUT2D eigenvalue weighted by Gasteiger charge is -2.32. The fourth-order valence-corrected chi connectivity index (χ4v) is 7.03. The quantitative estimate of drug-likeness (QED) is 0.146. The van der Waals surface area contributed by atoms with Gasteiger partial charge in [-0.3, -0.25) is 0 Å². The molecule has 2 N–H and O–H groups in total. The minimum atomic E-state index is 0.293. The number of rotatable bonds is 9. The molecule has 0 aliphatic carbocycles. The summed E-state index contributed by atoms with van der Waals surface area (Å²) in [5, 5.41) is 32.7. The highest BCUT2D eigenvalue weighted by atomic mass is 16.5. The standard InChI is InChI=1S/C46H46N6O2/c1-29-17-37-25-47-43-23-41(50-48-39-19-31(3)45(53)32(4)20-39)30(2)18-38(43)27-52(26-35-13-9-7-10-14-35)44(37)24-42(29)51-49-40-21-33(5)46(34(6)22-40)54-28-36-15-11-8-12-16-36/h7-24,47,53H,25-28H2,1-6H3. The minimum Gasteiger partial charge on any atom is -0.507 e. The van der Waals surface area contributed by atoms with E-state index in [4.69, 9.17) is 15.0 Å². The molecule has 6 aromatic carbocycles. The van der Waals surface area contributed by atoms with Crippen LogP contribution in [-0.4, -0.2) is 5.11 Å². The Morgan fingerprint density at radius 2 is 1.13 bits per heavy atom. The third kappa shape index (κ3) is 8.18. The van der Waals surface area contributed by atoms with Crippen molar-refractivity contribution in [2.75, 3.05) is 10.2 Å². The van der Waals surface area contributed by atoms with Gasteiger partial charge in [-0.15, -0.1) is 0 Å². The molecular weight excluding hydrogens is 669 g/mol. The molecule has 54 heavy (non-hydrogen) atoms. The SMILES string of the molecule is Cc1cc2c(cc1N=Nc1cc(C)c(O)c(C)c1)NCc1cc(C)c(N=Nc3cc(C)c(OCc4ccccc4)c(C)c3)cc1N(Cc1ccccc1)C2. The van der Waals surface area contributed by atoms with Crippen LogP contribution in [0.15, 0.2) is 130 Å². The number of phenolic OH excluding ortho intramolecular Hbond substituents is 1. The first-order valence-electron chi connectivity index (χ1n) is 18.3. The van der Waals surface area contributed by atoms with Gasteiger partial charge in [-0.1, -0.05) is 72.8 Å². The first-order chi connectivity index (χ1) is 26.1. The zero-order valence-electron chi connectivity index (χ0n) is 31.8. The van der Waals surface area contributed by atoms with Crippen LogP contribution in [0.5, 0.6) is 11.5 Å². The molecule has 1 heterocycles. The Bertz CT molecular complexity index is 2320. The number of ether oxygens (including phenoxy) is 1. The molecule has 0 saturated carbocycles. The van der Waals surface area contributed by atoms with E-state index in [1.54, 1.807) is 0 Å². The van der Waals surface area contributed by atoms with Gasteiger partial charge >= 0.3 is 0 Å². The summed E-state index contributed by atoms with van der Waals surface area (Å²) in [7, 11) is 0. The van der Waals surface area contributed by atoms with E-state index in [-0.39, 0.29) is 0 Å². The molecule has 0 aromatic heterocycles. The lowest BCUT2D eigenvalue weighted by Crippen LogP contribution is -2.26. The molecule has 0 bridgehead atoms. The lowest BCUT2D eigenvalue weighted by molar-refractivity contribution is 0.302. The summed E-state index contributed by atoms with van der Waals surface area (Å²) in [6, 6.07) is 37.3. The van der Waals surface area contributed by atoms with Crippen molar-refractivity contribution in [1.82, 2.24) is 0 Å². The molecule has 0 radical (unpaired) electrons. The summed E-state index contributed by atoms with van der Waals surface area (Å²) in [6.07, 6.45) is 0. The Morgan fingerprint density at radius 1 is 0.593 bits per heavy atom. The van der Waals surface area contributed by atoms with Crippen molar-refractivity contribution in [2.24, 2.45) is 20.5 Å². The van der Waals surface area contributed by atoms with E-state index in [1.807, 2.05) is 56.3 Å². The summed E-state index contributed by atoms with van der Waals surface area (Å²) >= 11 is 0. The summed E-state index contributed by atoms with van der Waals surface area (Å²) in [5.74, 6) is 1.18. The minimum absolute atomic E-state index is 0.293. The highest BCUT2D eigenvalue weighted by molar-refractivity contribution is 5.70. The van der Waals surface area contributed by atoms with Crippen molar-refractivity contribution in [3.63, 3.8) is 0 Å².